The summed E-state index contributed by atoms with van der Waals surface area (Å²) in [7, 11) is 1.74. The predicted molar refractivity (Wildman–Crippen MR) is 64.9 cm³/mol. The molecular formula is C13H16N2O3. The summed E-state index contributed by atoms with van der Waals surface area (Å²) in [5.74, 6) is -1.04. The fraction of sp³-hybridized carbons (Fsp3) is 0.462. The van der Waals surface area contributed by atoms with Crippen LogP contribution in [0.1, 0.15) is 18.4 Å². The van der Waals surface area contributed by atoms with Crippen LogP contribution < -0.4 is 0 Å². The molecular weight excluding hydrogens is 232 g/mol. The number of hydrogen-bond donors (Lipinski definition) is 1. The van der Waals surface area contributed by atoms with Gasteiger partial charge >= 0.3 is 5.97 Å². The normalized spacial score (nSPS) is 22.1. The van der Waals surface area contributed by atoms with Crippen molar-refractivity contribution < 1.29 is 14.7 Å². The molecule has 1 aliphatic rings. The number of carbonyl (C=O) groups excluding carboxylic acids is 1. The standard InChI is InChI=1S/C13H16N2O3/c1-15(11-6-10(7-11)13(17)18)12(16)5-9-3-2-4-14-8-9/h2-4,8,10-11H,5-7H2,1H3,(H,17,18). The molecule has 2 rings (SSSR count). The number of hydrogen-bond acceptors (Lipinski definition) is 3. The van der Waals surface area contributed by atoms with E-state index >= 15 is 0 Å². The van der Waals surface area contributed by atoms with Crippen molar-refractivity contribution in [2.24, 2.45) is 5.92 Å². The van der Waals surface area contributed by atoms with Crippen LogP contribution in [0.15, 0.2) is 24.5 Å². The highest BCUT2D eigenvalue weighted by atomic mass is 16.4. The van der Waals surface area contributed by atoms with E-state index < -0.39 is 5.97 Å². The molecule has 0 aliphatic heterocycles. The molecule has 1 heterocycles. The zero-order valence-corrected chi connectivity index (χ0v) is 10.2. The number of carboxylic acid groups (broad SMARTS) is 1. The molecule has 1 amide bonds. The van der Waals surface area contributed by atoms with Crippen molar-refractivity contribution in [2.45, 2.75) is 25.3 Å². The van der Waals surface area contributed by atoms with Crippen molar-refractivity contribution in [1.29, 1.82) is 0 Å². The molecule has 0 radical (unpaired) electrons. The second-order valence-corrected chi connectivity index (χ2v) is 4.70. The lowest BCUT2D eigenvalue weighted by molar-refractivity contribution is -0.149. The highest BCUT2D eigenvalue weighted by Crippen LogP contribution is 2.31. The van der Waals surface area contributed by atoms with E-state index in [1.807, 2.05) is 6.07 Å². The van der Waals surface area contributed by atoms with Crippen molar-refractivity contribution >= 4 is 11.9 Å². The van der Waals surface area contributed by atoms with Crippen LogP contribution in [0.4, 0.5) is 0 Å². The number of rotatable bonds is 4. The maximum Gasteiger partial charge on any atom is 0.306 e. The summed E-state index contributed by atoms with van der Waals surface area (Å²) >= 11 is 0. The van der Waals surface area contributed by atoms with Crippen molar-refractivity contribution in [3.63, 3.8) is 0 Å². The third kappa shape index (κ3) is 2.67. The van der Waals surface area contributed by atoms with Gasteiger partial charge in [-0.15, -0.1) is 0 Å². The quantitative estimate of drug-likeness (QED) is 0.861. The molecule has 5 heteroatoms. The van der Waals surface area contributed by atoms with Crippen molar-refractivity contribution in [3.05, 3.63) is 30.1 Å². The zero-order chi connectivity index (χ0) is 13.1. The van der Waals surface area contributed by atoms with Crippen LogP contribution in [-0.4, -0.2) is 40.0 Å². The Labute approximate surface area is 105 Å². The third-order valence-corrected chi connectivity index (χ3v) is 3.48. The Hall–Kier alpha value is -1.91. The predicted octanol–water partition coefficient (Wildman–Crippen LogP) is 0.946. The first-order valence-electron chi connectivity index (χ1n) is 5.95. The molecule has 1 aromatic rings. The molecule has 1 aliphatic carbocycles. The second-order valence-electron chi connectivity index (χ2n) is 4.70. The Balaban J connectivity index is 1.85. The highest BCUT2D eigenvalue weighted by molar-refractivity contribution is 5.79. The third-order valence-electron chi connectivity index (χ3n) is 3.48. The average Bonchev–Trinajstić information content (AvgIpc) is 2.27. The molecule has 0 spiro atoms. The van der Waals surface area contributed by atoms with E-state index in [1.54, 1.807) is 30.4 Å². The molecule has 1 aromatic heterocycles. The van der Waals surface area contributed by atoms with Gasteiger partial charge in [-0.1, -0.05) is 6.07 Å². The van der Waals surface area contributed by atoms with E-state index in [1.165, 1.54) is 0 Å². The van der Waals surface area contributed by atoms with Gasteiger partial charge in [0.15, 0.2) is 0 Å². The molecule has 1 fully saturated rings. The van der Waals surface area contributed by atoms with Crippen molar-refractivity contribution in [3.8, 4) is 0 Å². The number of amides is 1. The lowest BCUT2D eigenvalue weighted by Crippen LogP contribution is -2.48. The first-order chi connectivity index (χ1) is 8.58. The van der Waals surface area contributed by atoms with Gasteiger partial charge in [0.1, 0.15) is 0 Å². The van der Waals surface area contributed by atoms with Gasteiger partial charge in [-0.25, -0.2) is 0 Å². The summed E-state index contributed by atoms with van der Waals surface area (Å²) in [6.45, 7) is 0. The van der Waals surface area contributed by atoms with Crippen molar-refractivity contribution in [2.75, 3.05) is 7.05 Å². The SMILES string of the molecule is CN(C(=O)Cc1cccnc1)C1CC(C(=O)O)C1. The van der Waals surface area contributed by atoms with Gasteiger partial charge < -0.3 is 10.0 Å². The molecule has 0 atom stereocenters. The molecule has 1 N–H and O–H groups in total. The van der Waals surface area contributed by atoms with Gasteiger partial charge in [-0.05, 0) is 24.5 Å². The topological polar surface area (TPSA) is 70.5 Å². The number of carboxylic acids is 1. The summed E-state index contributed by atoms with van der Waals surface area (Å²) in [5, 5.41) is 8.79. The number of aliphatic carboxylic acids is 1. The van der Waals surface area contributed by atoms with Gasteiger partial charge in [-0.3, -0.25) is 14.6 Å². The Bertz CT molecular complexity index is 441. The van der Waals surface area contributed by atoms with Crippen molar-refractivity contribution in [1.82, 2.24) is 9.88 Å². The Kier molecular flexibility index (Phi) is 3.60. The summed E-state index contributed by atoms with van der Waals surface area (Å²) in [6, 6.07) is 3.72. The van der Waals surface area contributed by atoms with Crippen LogP contribution in [0.2, 0.25) is 0 Å². The lowest BCUT2D eigenvalue weighted by Gasteiger charge is -2.39. The number of nitrogens with zero attached hydrogens (tertiary/aromatic N) is 2. The van der Waals surface area contributed by atoms with Crippen LogP contribution in [0, 0.1) is 5.92 Å². The number of aromatic nitrogens is 1. The van der Waals surface area contributed by atoms with Gasteiger partial charge in [0, 0.05) is 25.5 Å². The minimum absolute atomic E-state index is 0.0110. The summed E-state index contributed by atoms with van der Waals surface area (Å²) in [4.78, 5) is 28.3. The van der Waals surface area contributed by atoms with Gasteiger partial charge in [0.2, 0.25) is 5.91 Å². The molecule has 0 aromatic carbocycles. The van der Waals surface area contributed by atoms with E-state index in [4.69, 9.17) is 5.11 Å². The molecule has 0 bridgehead atoms. The largest absolute Gasteiger partial charge is 0.481 e. The molecule has 1 saturated carbocycles. The fourth-order valence-corrected chi connectivity index (χ4v) is 2.11. The lowest BCUT2D eigenvalue weighted by atomic mass is 9.79. The van der Waals surface area contributed by atoms with Gasteiger partial charge in [0.25, 0.3) is 0 Å². The van der Waals surface area contributed by atoms with Gasteiger partial charge in [-0.2, -0.15) is 0 Å². The van der Waals surface area contributed by atoms with Crippen LogP contribution in [0.25, 0.3) is 0 Å². The summed E-state index contributed by atoms with van der Waals surface area (Å²) < 4.78 is 0. The first-order valence-corrected chi connectivity index (χ1v) is 5.95. The first kappa shape index (κ1) is 12.5. The molecule has 96 valence electrons. The van der Waals surface area contributed by atoms with E-state index in [2.05, 4.69) is 4.98 Å². The molecule has 0 unspecified atom stereocenters. The molecule has 0 saturated heterocycles. The maximum atomic E-state index is 12.0. The minimum Gasteiger partial charge on any atom is -0.481 e. The van der Waals surface area contributed by atoms with Crippen LogP contribution in [0.3, 0.4) is 0 Å². The van der Waals surface area contributed by atoms with Gasteiger partial charge in [0.05, 0.1) is 12.3 Å². The molecule has 5 nitrogen and oxygen atoms in total. The van der Waals surface area contributed by atoms with Crippen LogP contribution >= 0.6 is 0 Å². The summed E-state index contributed by atoms with van der Waals surface area (Å²) in [6.07, 6.45) is 4.78. The highest BCUT2D eigenvalue weighted by Gasteiger charge is 2.38. The van der Waals surface area contributed by atoms with E-state index in [-0.39, 0.29) is 17.9 Å². The zero-order valence-electron chi connectivity index (χ0n) is 10.2. The number of likely N-dealkylation sites (N-methyl/N-ethyl adjacent to an activating group) is 1. The Morgan fingerprint density at radius 1 is 1.50 bits per heavy atom. The Morgan fingerprint density at radius 3 is 2.78 bits per heavy atom. The minimum atomic E-state index is -0.764. The maximum absolute atomic E-state index is 12.0. The van der Waals surface area contributed by atoms with E-state index in [9.17, 15) is 9.59 Å². The smallest absolute Gasteiger partial charge is 0.306 e. The Morgan fingerprint density at radius 2 is 2.22 bits per heavy atom. The van der Waals surface area contributed by atoms with Crippen LogP contribution in [-0.2, 0) is 16.0 Å². The average molecular weight is 248 g/mol. The monoisotopic (exact) mass is 248 g/mol. The molecule has 18 heavy (non-hydrogen) atoms. The fourth-order valence-electron chi connectivity index (χ4n) is 2.11. The number of pyridine rings is 1. The van der Waals surface area contributed by atoms with Crippen LogP contribution in [0.5, 0.6) is 0 Å². The van der Waals surface area contributed by atoms with E-state index in [0.717, 1.165) is 5.56 Å². The van der Waals surface area contributed by atoms with E-state index in [0.29, 0.717) is 19.3 Å². The number of carbonyl (C=O) groups is 2. The summed E-state index contributed by atoms with van der Waals surface area (Å²) in [5.41, 5.74) is 0.878. The second kappa shape index (κ2) is 5.16.